The van der Waals surface area contributed by atoms with E-state index in [9.17, 15) is 14.4 Å². The molecule has 11 N–H and O–H groups in total. The van der Waals surface area contributed by atoms with E-state index in [2.05, 4.69) is 20.6 Å². The maximum absolute atomic E-state index is 13.3. The van der Waals surface area contributed by atoms with E-state index >= 15 is 0 Å². The van der Waals surface area contributed by atoms with Crippen LogP contribution in [0.2, 0.25) is 0 Å². The zero-order valence-electron chi connectivity index (χ0n) is 20.5. The minimum Gasteiger partial charge on any atom is -0.370 e. The van der Waals surface area contributed by atoms with E-state index in [4.69, 9.17) is 22.9 Å². The highest BCUT2D eigenvalue weighted by atomic mass is 16.2. The number of primary amides is 1. The molecule has 2 aromatic carbocycles. The lowest BCUT2D eigenvalue weighted by molar-refractivity contribution is -0.131. The van der Waals surface area contributed by atoms with E-state index in [1.165, 1.54) is 0 Å². The number of H-pyrrole nitrogens is 1. The van der Waals surface area contributed by atoms with E-state index in [1.54, 1.807) is 6.20 Å². The molecule has 0 radical (unpaired) electrons. The monoisotopic (exact) mass is 506 g/mol. The molecule has 0 unspecified atom stereocenters. The number of hydrogen-bond acceptors (Lipinski definition) is 5. The number of nitrogens with zero attached hydrogens (tertiary/aromatic N) is 1. The number of amides is 3. The Kier molecular flexibility index (Phi) is 9.61. The molecule has 1 aromatic heterocycles. The van der Waals surface area contributed by atoms with Crippen molar-refractivity contribution < 1.29 is 14.4 Å². The number of fused-ring (bicyclic) bond motifs is 1. The van der Waals surface area contributed by atoms with Crippen molar-refractivity contribution in [3.05, 3.63) is 71.9 Å². The number of aliphatic imine (C=N–C) groups is 1. The predicted molar refractivity (Wildman–Crippen MR) is 143 cm³/mol. The van der Waals surface area contributed by atoms with Crippen molar-refractivity contribution in [2.24, 2.45) is 27.9 Å². The second-order valence-corrected chi connectivity index (χ2v) is 8.83. The molecule has 11 heteroatoms. The first-order chi connectivity index (χ1) is 17.7. The second kappa shape index (κ2) is 13.1. The van der Waals surface area contributed by atoms with Gasteiger partial charge in [-0.2, -0.15) is 0 Å². The van der Waals surface area contributed by atoms with Crippen molar-refractivity contribution in [2.45, 2.75) is 43.8 Å². The van der Waals surface area contributed by atoms with Gasteiger partial charge in [0.05, 0.1) is 6.04 Å². The van der Waals surface area contributed by atoms with E-state index in [1.807, 2.05) is 54.6 Å². The molecule has 3 atom stereocenters. The first kappa shape index (κ1) is 27.2. The van der Waals surface area contributed by atoms with Crippen molar-refractivity contribution in [2.75, 3.05) is 6.54 Å². The summed E-state index contributed by atoms with van der Waals surface area (Å²) in [6, 6.07) is 14.1. The van der Waals surface area contributed by atoms with Crippen LogP contribution in [0.15, 0.2) is 65.8 Å². The van der Waals surface area contributed by atoms with E-state index in [-0.39, 0.29) is 18.8 Å². The van der Waals surface area contributed by atoms with Crippen LogP contribution in [0.4, 0.5) is 0 Å². The van der Waals surface area contributed by atoms with Gasteiger partial charge in [0.1, 0.15) is 12.1 Å². The Balaban J connectivity index is 1.71. The molecule has 0 spiro atoms. The van der Waals surface area contributed by atoms with Gasteiger partial charge in [-0.1, -0.05) is 48.5 Å². The van der Waals surface area contributed by atoms with Crippen LogP contribution in [-0.4, -0.2) is 53.3 Å². The highest BCUT2D eigenvalue weighted by molar-refractivity contribution is 5.93. The Labute approximate surface area is 215 Å². The predicted octanol–water partition coefficient (Wildman–Crippen LogP) is -0.211. The van der Waals surface area contributed by atoms with Gasteiger partial charge in [-0.05, 0) is 30.0 Å². The van der Waals surface area contributed by atoms with Crippen molar-refractivity contribution >= 4 is 34.6 Å². The number of guanidine groups is 1. The summed E-state index contributed by atoms with van der Waals surface area (Å²) < 4.78 is 0. The maximum atomic E-state index is 13.3. The van der Waals surface area contributed by atoms with Crippen LogP contribution in [-0.2, 0) is 27.2 Å². The number of carbonyl (C=O) groups excluding carboxylic acids is 3. The number of hydrogen-bond donors (Lipinski definition) is 7. The lowest BCUT2D eigenvalue weighted by atomic mass is 10.0. The Morgan fingerprint density at radius 2 is 1.54 bits per heavy atom. The van der Waals surface area contributed by atoms with Gasteiger partial charge >= 0.3 is 0 Å². The molecule has 0 bridgehead atoms. The van der Waals surface area contributed by atoms with Crippen LogP contribution in [0, 0.1) is 0 Å². The molecule has 3 amide bonds. The molecule has 0 saturated carbocycles. The van der Waals surface area contributed by atoms with Gasteiger partial charge in [0.25, 0.3) is 0 Å². The highest BCUT2D eigenvalue weighted by Crippen LogP contribution is 2.19. The minimum absolute atomic E-state index is 0.0331. The normalized spacial score (nSPS) is 13.3. The van der Waals surface area contributed by atoms with Gasteiger partial charge in [0.2, 0.25) is 17.7 Å². The molecule has 196 valence electrons. The molecule has 3 aromatic rings. The van der Waals surface area contributed by atoms with Crippen molar-refractivity contribution in [1.82, 2.24) is 15.6 Å². The summed E-state index contributed by atoms with van der Waals surface area (Å²) in [6.07, 6.45) is 3.01. The largest absolute Gasteiger partial charge is 0.370 e. The number of para-hydroxylation sites is 1. The van der Waals surface area contributed by atoms with Gasteiger partial charge in [-0.25, -0.2) is 0 Å². The van der Waals surface area contributed by atoms with Gasteiger partial charge in [-0.3, -0.25) is 19.4 Å². The van der Waals surface area contributed by atoms with E-state index < -0.39 is 35.8 Å². The smallest absolute Gasteiger partial charge is 0.243 e. The van der Waals surface area contributed by atoms with Gasteiger partial charge in [-0.15, -0.1) is 0 Å². The summed E-state index contributed by atoms with van der Waals surface area (Å²) in [4.78, 5) is 45.4. The standard InChI is InChI=1S/C26H34N8O3/c27-19(10-6-12-31-26(29)30)24(36)34-22(13-16-7-2-1-3-8-16)25(37)33-21(23(28)35)14-17-15-32-20-11-5-4-9-18(17)20/h1-5,7-9,11,15,19,21-22,32H,6,10,12-14,27H2,(H2,28,35)(H,33,37)(H,34,36)(H4,29,30,31)/t19-,21+,22+/m1/s1. The average molecular weight is 507 g/mol. The molecule has 0 aliphatic heterocycles. The third-order valence-electron chi connectivity index (χ3n) is 5.98. The molecule has 3 rings (SSSR count). The molecular formula is C26H34N8O3. The number of carbonyl (C=O) groups is 3. The van der Waals surface area contributed by atoms with Crippen molar-refractivity contribution in [3.8, 4) is 0 Å². The second-order valence-electron chi connectivity index (χ2n) is 8.83. The third kappa shape index (κ3) is 8.07. The molecule has 1 heterocycles. The first-order valence-electron chi connectivity index (χ1n) is 12.0. The Hall–Kier alpha value is -4.38. The van der Waals surface area contributed by atoms with Gasteiger partial charge in [0.15, 0.2) is 5.96 Å². The number of nitrogens with one attached hydrogen (secondary N) is 3. The number of benzene rings is 2. The molecule has 0 aliphatic carbocycles. The average Bonchev–Trinajstić information content (AvgIpc) is 3.28. The number of aromatic amines is 1. The minimum atomic E-state index is -0.977. The molecular weight excluding hydrogens is 472 g/mol. The summed E-state index contributed by atoms with van der Waals surface area (Å²) in [5.41, 5.74) is 24.9. The summed E-state index contributed by atoms with van der Waals surface area (Å²) >= 11 is 0. The Bertz CT molecular complexity index is 1240. The topological polar surface area (TPSA) is 208 Å². The molecule has 37 heavy (non-hydrogen) atoms. The van der Waals surface area contributed by atoms with Crippen LogP contribution < -0.4 is 33.6 Å². The molecule has 11 nitrogen and oxygen atoms in total. The van der Waals surface area contributed by atoms with Crippen molar-refractivity contribution in [3.63, 3.8) is 0 Å². The molecule has 0 aliphatic rings. The van der Waals surface area contributed by atoms with Gasteiger partial charge in [0, 0.05) is 36.5 Å². The Morgan fingerprint density at radius 3 is 2.24 bits per heavy atom. The number of aromatic nitrogens is 1. The zero-order valence-corrected chi connectivity index (χ0v) is 20.5. The lowest BCUT2D eigenvalue weighted by Gasteiger charge is -2.23. The fourth-order valence-electron chi connectivity index (χ4n) is 4.00. The summed E-state index contributed by atoms with van der Waals surface area (Å²) in [5.74, 6) is -1.74. The SMILES string of the molecule is NC(=O)[C@H](Cc1c[nH]c2ccccc12)NC(=O)[C@H](Cc1ccccc1)NC(=O)[C@H](N)CCCN=C(N)N. The van der Waals surface area contributed by atoms with E-state index in [0.717, 1.165) is 22.0 Å². The maximum Gasteiger partial charge on any atom is 0.243 e. The third-order valence-corrected chi connectivity index (χ3v) is 5.98. The van der Waals surface area contributed by atoms with Crippen LogP contribution in [0.1, 0.15) is 24.0 Å². The quantitative estimate of drug-likeness (QED) is 0.0947. The van der Waals surface area contributed by atoms with E-state index in [0.29, 0.717) is 19.4 Å². The zero-order chi connectivity index (χ0) is 26.8. The van der Waals surface area contributed by atoms with Crippen LogP contribution >= 0.6 is 0 Å². The van der Waals surface area contributed by atoms with Crippen LogP contribution in [0.25, 0.3) is 10.9 Å². The van der Waals surface area contributed by atoms with Gasteiger partial charge < -0.3 is 38.6 Å². The fraction of sp³-hybridized carbons (Fsp3) is 0.308. The summed E-state index contributed by atoms with van der Waals surface area (Å²) in [7, 11) is 0. The lowest BCUT2D eigenvalue weighted by Crippen LogP contribution is -2.56. The van der Waals surface area contributed by atoms with Crippen LogP contribution in [0.5, 0.6) is 0 Å². The highest BCUT2D eigenvalue weighted by Gasteiger charge is 2.28. The molecule has 0 fully saturated rings. The number of rotatable bonds is 13. The van der Waals surface area contributed by atoms with Crippen LogP contribution in [0.3, 0.4) is 0 Å². The van der Waals surface area contributed by atoms with Crippen molar-refractivity contribution in [1.29, 1.82) is 0 Å². The Morgan fingerprint density at radius 1 is 0.865 bits per heavy atom. The molecule has 0 saturated heterocycles. The summed E-state index contributed by atoms with van der Waals surface area (Å²) in [6.45, 7) is 0.339. The fourth-order valence-corrected chi connectivity index (χ4v) is 4.00. The first-order valence-corrected chi connectivity index (χ1v) is 12.0. The summed E-state index contributed by atoms with van der Waals surface area (Å²) in [5, 5.41) is 6.38. The number of nitrogens with two attached hydrogens (primary N) is 4.